The van der Waals surface area contributed by atoms with Gasteiger partial charge in [0, 0.05) is 5.39 Å². The molecule has 122 valence electrons. The number of carboxylic acids is 2. The highest BCUT2D eigenvalue weighted by Crippen LogP contribution is 2.12. The highest BCUT2D eigenvalue weighted by atomic mass is 16.4. The first-order valence-corrected chi connectivity index (χ1v) is 7.08. The van der Waals surface area contributed by atoms with Crippen LogP contribution in [0.25, 0.3) is 11.0 Å². The van der Waals surface area contributed by atoms with Crippen molar-refractivity contribution in [1.29, 1.82) is 0 Å². The first kappa shape index (κ1) is 18.2. The Labute approximate surface area is 132 Å². The number of rotatable bonds is 5. The molecule has 1 aromatic carbocycles. The monoisotopic (exact) mass is 318 g/mol. The lowest BCUT2D eigenvalue weighted by Gasteiger charge is -1.96. The molecule has 0 saturated heterocycles. The van der Waals surface area contributed by atoms with E-state index in [0.717, 1.165) is 12.8 Å². The number of allylic oxidation sites excluding steroid dienone is 1. The first-order valence-electron chi connectivity index (χ1n) is 7.08. The van der Waals surface area contributed by atoms with Crippen molar-refractivity contribution in [3.8, 4) is 0 Å². The van der Waals surface area contributed by atoms with Crippen molar-refractivity contribution in [2.75, 3.05) is 0 Å². The molecule has 0 saturated carbocycles. The Bertz CT molecular complexity index is 757. The van der Waals surface area contributed by atoms with Gasteiger partial charge < -0.3 is 14.6 Å². The Kier molecular flexibility index (Phi) is 7.26. The molecule has 0 radical (unpaired) electrons. The van der Waals surface area contributed by atoms with Gasteiger partial charge in [-0.05, 0) is 18.6 Å². The molecule has 2 rings (SSSR count). The Hall–Kier alpha value is -2.89. The number of hydrogen-bond donors (Lipinski definition) is 2. The summed E-state index contributed by atoms with van der Waals surface area (Å²) in [5.74, 6) is -2.04. The van der Waals surface area contributed by atoms with Crippen LogP contribution in [-0.4, -0.2) is 22.2 Å². The fraction of sp³-hybridized carbons (Fsp3) is 0.235. The number of carbonyl (C=O) groups is 2. The average Bonchev–Trinajstić information content (AvgIpc) is 2.51. The normalized spacial score (nSPS) is 10.3. The minimum absolute atomic E-state index is 0.153. The van der Waals surface area contributed by atoms with Crippen LogP contribution in [0, 0.1) is 0 Å². The minimum atomic E-state index is -1.27. The summed E-state index contributed by atoms with van der Waals surface area (Å²) in [5.41, 5.74) is -0.776. The zero-order valence-electron chi connectivity index (χ0n) is 12.7. The summed E-state index contributed by atoms with van der Waals surface area (Å²) in [7, 11) is 0. The van der Waals surface area contributed by atoms with Crippen LogP contribution in [0.1, 0.15) is 36.5 Å². The van der Waals surface area contributed by atoms with Crippen LogP contribution in [0.3, 0.4) is 0 Å². The number of para-hydroxylation sites is 1. The molecule has 2 aromatic rings. The molecule has 0 bridgehead atoms. The van der Waals surface area contributed by atoms with E-state index in [2.05, 4.69) is 6.92 Å². The van der Waals surface area contributed by atoms with Gasteiger partial charge in [0.2, 0.25) is 0 Å². The lowest BCUT2D eigenvalue weighted by molar-refractivity contribution is -0.136. The maximum Gasteiger partial charge on any atom is 0.351 e. The van der Waals surface area contributed by atoms with Crippen LogP contribution in [-0.2, 0) is 4.79 Å². The summed E-state index contributed by atoms with van der Waals surface area (Å²) in [6, 6.07) is 8.07. The second kappa shape index (κ2) is 9.19. The molecule has 1 aromatic heterocycles. The van der Waals surface area contributed by atoms with Gasteiger partial charge >= 0.3 is 17.6 Å². The van der Waals surface area contributed by atoms with Crippen LogP contribution in [0.4, 0.5) is 0 Å². The smallest absolute Gasteiger partial charge is 0.351 e. The van der Waals surface area contributed by atoms with Crippen LogP contribution >= 0.6 is 0 Å². The van der Waals surface area contributed by atoms with Gasteiger partial charge in [0.05, 0.1) is 6.42 Å². The number of carboxylic acid groups (broad SMARTS) is 2. The molecule has 2 N–H and O–H groups in total. The molecule has 0 unspecified atom stereocenters. The summed E-state index contributed by atoms with van der Waals surface area (Å²) in [6.45, 7) is 2.06. The second-order valence-corrected chi connectivity index (χ2v) is 4.65. The van der Waals surface area contributed by atoms with Gasteiger partial charge in [0.15, 0.2) is 0 Å². The molecule has 0 amide bonds. The van der Waals surface area contributed by atoms with Crippen LogP contribution in [0.2, 0.25) is 0 Å². The van der Waals surface area contributed by atoms with Crippen molar-refractivity contribution in [2.45, 2.75) is 26.2 Å². The fourth-order valence-electron chi connectivity index (χ4n) is 1.68. The van der Waals surface area contributed by atoms with Crippen molar-refractivity contribution in [2.24, 2.45) is 0 Å². The van der Waals surface area contributed by atoms with E-state index >= 15 is 0 Å². The quantitative estimate of drug-likeness (QED) is 0.647. The summed E-state index contributed by atoms with van der Waals surface area (Å²) in [6.07, 6.45) is 5.79. The number of aliphatic carboxylic acids is 1. The van der Waals surface area contributed by atoms with E-state index in [1.54, 1.807) is 30.3 Å². The average molecular weight is 318 g/mol. The van der Waals surface area contributed by atoms with Crippen LogP contribution < -0.4 is 5.63 Å². The van der Waals surface area contributed by atoms with Crippen molar-refractivity contribution < 1.29 is 24.2 Å². The third-order valence-corrected chi connectivity index (χ3v) is 2.79. The van der Waals surface area contributed by atoms with Gasteiger partial charge in [-0.3, -0.25) is 4.79 Å². The van der Waals surface area contributed by atoms with Gasteiger partial charge in [0.1, 0.15) is 11.1 Å². The largest absolute Gasteiger partial charge is 0.481 e. The molecule has 0 atom stereocenters. The standard InChI is InChI=1S/C10H6O4.C7H12O2/c11-9(12)7-5-6-3-1-2-4-8(6)14-10(7)13;1-2-3-4-5-6-7(8)9/h1-5H,(H,11,12);4-5H,2-3,6H2,1H3,(H,8,9)/b;5-4+. The number of hydrogen-bond acceptors (Lipinski definition) is 4. The van der Waals surface area contributed by atoms with Gasteiger partial charge in [0.25, 0.3) is 0 Å². The Morgan fingerprint density at radius 3 is 2.48 bits per heavy atom. The van der Waals surface area contributed by atoms with Gasteiger partial charge in [-0.25, -0.2) is 9.59 Å². The molecule has 0 spiro atoms. The second-order valence-electron chi connectivity index (χ2n) is 4.65. The molecule has 0 aliphatic heterocycles. The predicted molar refractivity (Wildman–Crippen MR) is 85.7 cm³/mol. The molecule has 0 fully saturated rings. The molecule has 1 heterocycles. The lowest BCUT2D eigenvalue weighted by Crippen LogP contribution is -2.12. The minimum Gasteiger partial charge on any atom is -0.481 e. The van der Waals surface area contributed by atoms with E-state index in [-0.39, 0.29) is 12.0 Å². The molecule has 23 heavy (non-hydrogen) atoms. The van der Waals surface area contributed by atoms with Crippen LogP contribution in [0.15, 0.2) is 51.7 Å². The van der Waals surface area contributed by atoms with Crippen molar-refractivity contribution >= 4 is 22.9 Å². The molecule has 0 aliphatic rings. The van der Waals surface area contributed by atoms with Crippen molar-refractivity contribution in [3.05, 3.63) is 58.5 Å². The number of unbranched alkanes of at least 4 members (excludes halogenated alkanes) is 1. The van der Waals surface area contributed by atoms with E-state index < -0.39 is 17.6 Å². The summed E-state index contributed by atoms with van der Waals surface area (Å²) >= 11 is 0. The highest BCUT2D eigenvalue weighted by Gasteiger charge is 2.10. The predicted octanol–water partition coefficient (Wildman–Crippen LogP) is 3.31. The summed E-state index contributed by atoms with van der Waals surface area (Å²) in [4.78, 5) is 31.6. The molecular formula is C17H18O6. The highest BCUT2D eigenvalue weighted by molar-refractivity contribution is 5.91. The van der Waals surface area contributed by atoms with E-state index in [9.17, 15) is 14.4 Å². The first-order chi connectivity index (χ1) is 11.0. The van der Waals surface area contributed by atoms with E-state index in [1.165, 1.54) is 6.07 Å². The van der Waals surface area contributed by atoms with Crippen molar-refractivity contribution in [1.82, 2.24) is 0 Å². The Morgan fingerprint density at radius 1 is 1.17 bits per heavy atom. The molecule has 0 aliphatic carbocycles. The van der Waals surface area contributed by atoms with E-state index in [4.69, 9.17) is 14.6 Å². The third-order valence-electron chi connectivity index (χ3n) is 2.79. The maximum atomic E-state index is 11.1. The number of fused-ring (bicyclic) bond motifs is 1. The zero-order chi connectivity index (χ0) is 17.2. The van der Waals surface area contributed by atoms with Gasteiger partial charge in [-0.15, -0.1) is 0 Å². The molecular weight excluding hydrogens is 300 g/mol. The third kappa shape index (κ3) is 6.17. The lowest BCUT2D eigenvalue weighted by atomic mass is 10.2. The summed E-state index contributed by atoms with van der Waals surface area (Å²) in [5, 5.41) is 17.4. The summed E-state index contributed by atoms with van der Waals surface area (Å²) < 4.78 is 4.82. The SMILES string of the molecule is CCC/C=C/CC(=O)O.O=C(O)c1cc2ccccc2oc1=O. The number of aromatic carboxylic acids is 1. The molecule has 6 nitrogen and oxygen atoms in total. The van der Waals surface area contributed by atoms with Crippen molar-refractivity contribution in [3.63, 3.8) is 0 Å². The van der Waals surface area contributed by atoms with E-state index in [1.807, 2.05) is 6.08 Å². The zero-order valence-corrected chi connectivity index (χ0v) is 12.7. The van der Waals surface area contributed by atoms with Gasteiger partial charge in [-0.1, -0.05) is 43.7 Å². The Balaban J connectivity index is 0.000000257. The van der Waals surface area contributed by atoms with E-state index in [0.29, 0.717) is 11.0 Å². The topological polar surface area (TPSA) is 105 Å². The van der Waals surface area contributed by atoms with Crippen LogP contribution in [0.5, 0.6) is 0 Å². The maximum absolute atomic E-state index is 11.1. The molecule has 6 heteroatoms. The van der Waals surface area contributed by atoms with Gasteiger partial charge in [-0.2, -0.15) is 0 Å². The fourth-order valence-corrected chi connectivity index (χ4v) is 1.68. The Morgan fingerprint density at radius 2 is 1.87 bits per heavy atom. The number of benzene rings is 1.